The van der Waals surface area contributed by atoms with Gasteiger partial charge in [-0.1, -0.05) is 6.42 Å². The van der Waals surface area contributed by atoms with Crippen LogP contribution < -0.4 is 11.1 Å². The van der Waals surface area contributed by atoms with Crippen molar-refractivity contribution in [2.24, 2.45) is 11.7 Å². The normalized spacial score (nSPS) is 34.2. The molecule has 2 unspecified atom stereocenters. The first-order valence-electron chi connectivity index (χ1n) is 6.56. The molecule has 3 N–H and O–H groups in total. The third-order valence-corrected chi connectivity index (χ3v) is 4.00. The Morgan fingerprint density at radius 1 is 1.13 bits per heavy atom. The van der Waals surface area contributed by atoms with Gasteiger partial charge in [0.1, 0.15) is 0 Å². The van der Waals surface area contributed by atoms with Crippen LogP contribution in [0.3, 0.4) is 0 Å². The Morgan fingerprint density at radius 3 is 2.93 bits per heavy atom. The van der Waals surface area contributed by atoms with E-state index in [2.05, 4.69) is 10.2 Å². The van der Waals surface area contributed by atoms with E-state index in [4.69, 9.17) is 5.73 Å². The van der Waals surface area contributed by atoms with E-state index < -0.39 is 0 Å². The lowest BCUT2D eigenvalue weighted by atomic mass is 9.98. The second-order valence-corrected chi connectivity index (χ2v) is 4.98. The summed E-state index contributed by atoms with van der Waals surface area (Å²) < 4.78 is 0. The highest BCUT2D eigenvalue weighted by Gasteiger charge is 2.31. The summed E-state index contributed by atoms with van der Waals surface area (Å²) >= 11 is 0. The van der Waals surface area contributed by atoms with E-state index in [-0.39, 0.29) is 0 Å². The smallest absolute Gasteiger partial charge is 0.0124 e. The molecule has 0 aromatic heterocycles. The molecule has 2 rings (SSSR count). The first-order valence-corrected chi connectivity index (χ1v) is 6.56. The molecule has 1 aliphatic carbocycles. The first kappa shape index (κ1) is 11.4. The monoisotopic (exact) mass is 211 g/mol. The lowest BCUT2D eigenvalue weighted by molar-refractivity contribution is 0.166. The Morgan fingerprint density at radius 2 is 2.07 bits per heavy atom. The molecule has 1 heterocycles. The van der Waals surface area contributed by atoms with Crippen LogP contribution in [0, 0.1) is 5.92 Å². The molecule has 0 aromatic carbocycles. The highest BCUT2D eigenvalue weighted by molar-refractivity contribution is 4.86. The van der Waals surface area contributed by atoms with E-state index in [1.165, 1.54) is 58.3 Å². The maximum atomic E-state index is 5.70. The van der Waals surface area contributed by atoms with Crippen LogP contribution in [0.5, 0.6) is 0 Å². The van der Waals surface area contributed by atoms with Crippen molar-refractivity contribution < 1.29 is 0 Å². The minimum Gasteiger partial charge on any atom is -0.330 e. The summed E-state index contributed by atoms with van der Waals surface area (Å²) in [5, 5.41) is 3.48. The maximum Gasteiger partial charge on any atom is 0.0124 e. The fraction of sp³-hybridized carbons (Fsp3) is 1.00. The number of rotatable bonds is 3. The molecule has 2 atom stereocenters. The maximum absolute atomic E-state index is 5.70. The third-order valence-electron chi connectivity index (χ3n) is 4.00. The molecule has 0 aromatic rings. The zero-order chi connectivity index (χ0) is 10.5. The van der Waals surface area contributed by atoms with Crippen LogP contribution in [-0.2, 0) is 0 Å². The molecule has 0 amide bonds. The number of hydrogen-bond donors (Lipinski definition) is 2. The van der Waals surface area contributed by atoms with Crippen molar-refractivity contribution in [1.29, 1.82) is 0 Å². The van der Waals surface area contributed by atoms with Crippen LogP contribution in [0.15, 0.2) is 0 Å². The highest BCUT2D eigenvalue weighted by atomic mass is 15.2. The van der Waals surface area contributed by atoms with E-state index in [0.29, 0.717) is 0 Å². The lowest BCUT2D eigenvalue weighted by Gasteiger charge is -2.31. The van der Waals surface area contributed by atoms with Gasteiger partial charge in [0, 0.05) is 19.1 Å². The van der Waals surface area contributed by atoms with Gasteiger partial charge >= 0.3 is 0 Å². The van der Waals surface area contributed by atoms with Gasteiger partial charge in [-0.2, -0.15) is 0 Å². The van der Waals surface area contributed by atoms with Crippen LogP contribution in [0.1, 0.15) is 32.1 Å². The predicted octanol–water partition coefficient (Wildman–Crippen LogP) is 0.799. The van der Waals surface area contributed by atoms with E-state index in [0.717, 1.165) is 18.5 Å². The average molecular weight is 211 g/mol. The number of nitrogens with zero attached hydrogens (tertiary/aromatic N) is 1. The van der Waals surface area contributed by atoms with Crippen LogP contribution in [-0.4, -0.2) is 43.7 Å². The minimum absolute atomic E-state index is 0.841. The lowest BCUT2D eigenvalue weighted by Crippen LogP contribution is -2.40. The molecule has 1 aliphatic heterocycles. The van der Waals surface area contributed by atoms with E-state index in [9.17, 15) is 0 Å². The van der Waals surface area contributed by atoms with Crippen LogP contribution in [0.25, 0.3) is 0 Å². The first-order chi connectivity index (χ1) is 7.42. The second-order valence-electron chi connectivity index (χ2n) is 4.98. The average Bonchev–Trinajstić information content (AvgIpc) is 2.53. The summed E-state index contributed by atoms with van der Waals surface area (Å²) in [6, 6.07) is 0.841. The topological polar surface area (TPSA) is 41.3 Å². The number of nitrogens with two attached hydrogens (primary N) is 1. The molecule has 1 saturated carbocycles. The van der Waals surface area contributed by atoms with Crippen molar-refractivity contribution in [2.45, 2.75) is 38.1 Å². The van der Waals surface area contributed by atoms with Crippen LogP contribution >= 0.6 is 0 Å². The molecule has 0 radical (unpaired) electrons. The van der Waals surface area contributed by atoms with Crippen molar-refractivity contribution in [2.75, 3.05) is 32.7 Å². The molecule has 1 saturated heterocycles. The van der Waals surface area contributed by atoms with Gasteiger partial charge in [-0.05, 0) is 51.2 Å². The molecule has 0 spiro atoms. The minimum atomic E-state index is 0.841. The van der Waals surface area contributed by atoms with Gasteiger partial charge < -0.3 is 11.1 Å². The summed E-state index contributed by atoms with van der Waals surface area (Å²) in [5.41, 5.74) is 5.70. The fourth-order valence-corrected chi connectivity index (χ4v) is 3.25. The van der Waals surface area contributed by atoms with E-state index in [1.54, 1.807) is 0 Å². The Bertz CT molecular complexity index is 176. The standard InChI is InChI=1S/C12H25N3/c13-6-5-11-3-1-4-12(11)15-9-2-7-14-8-10-15/h11-12,14H,1-10,13H2. The zero-order valence-electron chi connectivity index (χ0n) is 9.75. The molecular formula is C12H25N3. The molecule has 0 bridgehead atoms. The van der Waals surface area contributed by atoms with Gasteiger partial charge in [-0.15, -0.1) is 0 Å². The Kier molecular flexibility index (Phi) is 4.42. The summed E-state index contributed by atoms with van der Waals surface area (Å²) in [5.74, 6) is 0.882. The van der Waals surface area contributed by atoms with E-state index >= 15 is 0 Å². The Hall–Kier alpha value is -0.120. The van der Waals surface area contributed by atoms with Gasteiger partial charge in [0.05, 0.1) is 0 Å². The van der Waals surface area contributed by atoms with Crippen molar-refractivity contribution in [1.82, 2.24) is 10.2 Å². The second kappa shape index (κ2) is 5.83. The fourth-order valence-electron chi connectivity index (χ4n) is 3.25. The molecule has 2 fully saturated rings. The van der Waals surface area contributed by atoms with Crippen molar-refractivity contribution >= 4 is 0 Å². The molecule has 15 heavy (non-hydrogen) atoms. The van der Waals surface area contributed by atoms with E-state index in [1.807, 2.05) is 0 Å². The molecule has 3 heteroatoms. The summed E-state index contributed by atoms with van der Waals surface area (Å²) in [6.07, 6.45) is 6.77. The molecular weight excluding hydrogens is 186 g/mol. The predicted molar refractivity (Wildman–Crippen MR) is 63.9 cm³/mol. The molecule has 3 nitrogen and oxygen atoms in total. The van der Waals surface area contributed by atoms with Gasteiger partial charge in [-0.25, -0.2) is 0 Å². The molecule has 88 valence electrons. The van der Waals surface area contributed by atoms with Crippen molar-refractivity contribution in [3.8, 4) is 0 Å². The largest absolute Gasteiger partial charge is 0.330 e. The summed E-state index contributed by atoms with van der Waals surface area (Å²) in [6.45, 7) is 5.77. The number of nitrogens with one attached hydrogen (secondary N) is 1. The Labute approximate surface area is 93.4 Å². The highest BCUT2D eigenvalue weighted by Crippen LogP contribution is 2.32. The number of hydrogen-bond acceptors (Lipinski definition) is 3. The van der Waals surface area contributed by atoms with Crippen molar-refractivity contribution in [3.05, 3.63) is 0 Å². The SMILES string of the molecule is NCCC1CCCC1N1CCCNCC1. The Balaban J connectivity index is 1.89. The van der Waals surface area contributed by atoms with Crippen LogP contribution in [0.4, 0.5) is 0 Å². The van der Waals surface area contributed by atoms with Crippen molar-refractivity contribution in [3.63, 3.8) is 0 Å². The quantitative estimate of drug-likeness (QED) is 0.725. The van der Waals surface area contributed by atoms with Gasteiger partial charge in [0.25, 0.3) is 0 Å². The van der Waals surface area contributed by atoms with Gasteiger partial charge in [0.15, 0.2) is 0 Å². The van der Waals surface area contributed by atoms with Gasteiger partial charge in [0.2, 0.25) is 0 Å². The molecule has 2 aliphatic rings. The third kappa shape index (κ3) is 2.92. The van der Waals surface area contributed by atoms with Gasteiger partial charge in [-0.3, -0.25) is 4.90 Å². The zero-order valence-corrected chi connectivity index (χ0v) is 9.75. The summed E-state index contributed by atoms with van der Waals surface area (Å²) in [7, 11) is 0. The van der Waals surface area contributed by atoms with Crippen LogP contribution in [0.2, 0.25) is 0 Å². The summed E-state index contributed by atoms with van der Waals surface area (Å²) in [4.78, 5) is 2.72.